The second-order valence-corrected chi connectivity index (χ2v) is 9.18. The highest BCUT2D eigenvalue weighted by atomic mass is 16.4. The third-order valence-electron chi connectivity index (χ3n) is 7.18. The summed E-state index contributed by atoms with van der Waals surface area (Å²) in [6.07, 6.45) is 20.2. The molecule has 0 bridgehead atoms. The first-order chi connectivity index (χ1) is 13.7. The fourth-order valence-electron chi connectivity index (χ4n) is 5.20. The van der Waals surface area contributed by atoms with Crippen molar-refractivity contribution < 1.29 is 9.90 Å². The van der Waals surface area contributed by atoms with E-state index in [4.69, 9.17) is 5.11 Å². The number of carbonyl (C=O) groups is 1. The first-order valence-corrected chi connectivity index (χ1v) is 11.7. The molecule has 2 fully saturated rings. The number of carboxylic acid groups (broad SMARTS) is 1. The van der Waals surface area contributed by atoms with E-state index in [0.717, 1.165) is 11.8 Å². The normalized spacial score (nSPS) is 25.5. The quantitative estimate of drug-likeness (QED) is 0.368. The largest absolute Gasteiger partial charge is 0.478 e. The predicted octanol–water partition coefficient (Wildman–Crippen LogP) is 7.75. The standard InChI is InChI=1S/C26H38O2/c1-2-3-4-5-20-6-8-21(9-7-20)10-11-22-12-14-23(15-13-22)24-16-18-25(19-17-24)26(27)28/h11,16-21,23H,2-10,12-15H2,1H3,(H,27,28). The van der Waals surface area contributed by atoms with E-state index in [1.54, 1.807) is 17.7 Å². The summed E-state index contributed by atoms with van der Waals surface area (Å²) in [5.74, 6) is 1.70. The van der Waals surface area contributed by atoms with Gasteiger partial charge in [-0.15, -0.1) is 0 Å². The Morgan fingerprint density at radius 2 is 1.61 bits per heavy atom. The number of carboxylic acids is 1. The molecule has 0 heterocycles. The number of rotatable bonds is 8. The first-order valence-electron chi connectivity index (χ1n) is 11.7. The van der Waals surface area contributed by atoms with Crippen molar-refractivity contribution in [1.82, 2.24) is 0 Å². The van der Waals surface area contributed by atoms with E-state index < -0.39 is 5.97 Å². The van der Waals surface area contributed by atoms with Gasteiger partial charge in [-0.05, 0) is 80.4 Å². The molecule has 0 amide bonds. The van der Waals surface area contributed by atoms with E-state index in [2.05, 4.69) is 13.0 Å². The maximum absolute atomic E-state index is 11.0. The Balaban J connectivity index is 1.38. The van der Waals surface area contributed by atoms with E-state index >= 15 is 0 Å². The highest BCUT2D eigenvalue weighted by molar-refractivity contribution is 5.87. The van der Waals surface area contributed by atoms with Crippen LogP contribution in [0.2, 0.25) is 0 Å². The van der Waals surface area contributed by atoms with Crippen molar-refractivity contribution in [2.24, 2.45) is 11.8 Å². The van der Waals surface area contributed by atoms with E-state index in [1.165, 1.54) is 89.0 Å². The lowest BCUT2D eigenvalue weighted by Gasteiger charge is -2.29. The highest BCUT2D eigenvalue weighted by Gasteiger charge is 2.22. The zero-order valence-corrected chi connectivity index (χ0v) is 17.7. The molecule has 2 aliphatic carbocycles. The molecule has 2 aliphatic rings. The molecule has 2 nitrogen and oxygen atoms in total. The van der Waals surface area contributed by atoms with Crippen LogP contribution in [-0.4, -0.2) is 11.1 Å². The SMILES string of the molecule is CCCCCC1CCC(CC=C2CCC(c3ccc(C(=O)O)cc3)CC2)CC1. The summed E-state index contributed by atoms with van der Waals surface area (Å²) in [6, 6.07) is 7.53. The Kier molecular flexibility index (Phi) is 8.18. The number of aromatic carboxylic acids is 1. The molecule has 0 radical (unpaired) electrons. The molecule has 0 saturated heterocycles. The summed E-state index contributed by atoms with van der Waals surface area (Å²) in [5, 5.41) is 9.04. The lowest BCUT2D eigenvalue weighted by Crippen LogP contribution is -2.14. The molecule has 154 valence electrons. The minimum Gasteiger partial charge on any atom is -0.478 e. The van der Waals surface area contributed by atoms with Gasteiger partial charge in [0.25, 0.3) is 0 Å². The highest BCUT2D eigenvalue weighted by Crippen LogP contribution is 2.38. The second kappa shape index (κ2) is 10.8. The zero-order chi connectivity index (χ0) is 19.8. The molecule has 0 spiro atoms. The minimum atomic E-state index is -0.838. The minimum absolute atomic E-state index is 0.389. The molecular formula is C26H38O2. The van der Waals surface area contributed by atoms with Gasteiger partial charge in [0, 0.05) is 0 Å². The van der Waals surface area contributed by atoms with E-state index in [1.807, 2.05) is 12.1 Å². The fraction of sp³-hybridized carbons (Fsp3) is 0.654. The topological polar surface area (TPSA) is 37.3 Å². The molecule has 2 heteroatoms. The summed E-state index contributed by atoms with van der Waals surface area (Å²) < 4.78 is 0. The van der Waals surface area contributed by atoms with Crippen molar-refractivity contribution in [3.8, 4) is 0 Å². The van der Waals surface area contributed by atoms with Crippen molar-refractivity contribution in [2.75, 3.05) is 0 Å². The monoisotopic (exact) mass is 382 g/mol. The lowest BCUT2D eigenvalue weighted by atomic mass is 9.77. The van der Waals surface area contributed by atoms with Crippen LogP contribution in [0.25, 0.3) is 0 Å². The van der Waals surface area contributed by atoms with E-state index in [9.17, 15) is 4.79 Å². The zero-order valence-electron chi connectivity index (χ0n) is 17.7. The Morgan fingerprint density at radius 1 is 0.964 bits per heavy atom. The van der Waals surface area contributed by atoms with Crippen LogP contribution in [0.1, 0.15) is 112 Å². The molecule has 0 aromatic heterocycles. The van der Waals surface area contributed by atoms with Crippen LogP contribution in [0.5, 0.6) is 0 Å². The van der Waals surface area contributed by atoms with Gasteiger partial charge in [0.2, 0.25) is 0 Å². The van der Waals surface area contributed by atoms with Crippen molar-refractivity contribution in [1.29, 1.82) is 0 Å². The molecule has 0 unspecified atom stereocenters. The number of allylic oxidation sites excluding steroid dienone is 2. The average Bonchev–Trinajstić information content (AvgIpc) is 2.74. The third-order valence-corrected chi connectivity index (χ3v) is 7.18. The second-order valence-electron chi connectivity index (χ2n) is 9.18. The van der Waals surface area contributed by atoms with Crippen LogP contribution >= 0.6 is 0 Å². The van der Waals surface area contributed by atoms with Gasteiger partial charge in [-0.25, -0.2) is 4.79 Å². The Bertz CT molecular complexity index is 625. The van der Waals surface area contributed by atoms with Crippen LogP contribution in [0.4, 0.5) is 0 Å². The lowest BCUT2D eigenvalue weighted by molar-refractivity contribution is 0.0697. The molecule has 0 aliphatic heterocycles. The van der Waals surface area contributed by atoms with Crippen LogP contribution in [0.3, 0.4) is 0 Å². The summed E-state index contributed by atoms with van der Waals surface area (Å²) in [7, 11) is 0. The number of hydrogen-bond donors (Lipinski definition) is 1. The van der Waals surface area contributed by atoms with Crippen molar-refractivity contribution in [3.05, 3.63) is 47.0 Å². The van der Waals surface area contributed by atoms with Gasteiger partial charge < -0.3 is 5.11 Å². The van der Waals surface area contributed by atoms with E-state index in [-0.39, 0.29) is 0 Å². The van der Waals surface area contributed by atoms with Gasteiger partial charge >= 0.3 is 5.97 Å². The Morgan fingerprint density at radius 3 is 2.21 bits per heavy atom. The van der Waals surface area contributed by atoms with Crippen molar-refractivity contribution in [2.45, 2.75) is 96.3 Å². The van der Waals surface area contributed by atoms with Gasteiger partial charge in [0.15, 0.2) is 0 Å². The molecule has 1 aromatic rings. The first kappa shape index (κ1) is 21.1. The van der Waals surface area contributed by atoms with E-state index in [0.29, 0.717) is 11.5 Å². The Hall–Kier alpha value is -1.57. The maximum Gasteiger partial charge on any atom is 0.335 e. The predicted molar refractivity (Wildman–Crippen MR) is 117 cm³/mol. The van der Waals surface area contributed by atoms with Crippen molar-refractivity contribution in [3.63, 3.8) is 0 Å². The number of hydrogen-bond acceptors (Lipinski definition) is 1. The molecule has 1 N–H and O–H groups in total. The molecule has 3 rings (SSSR count). The van der Waals surface area contributed by atoms with Gasteiger partial charge in [0.05, 0.1) is 5.56 Å². The van der Waals surface area contributed by atoms with Crippen LogP contribution in [0.15, 0.2) is 35.9 Å². The fourth-order valence-corrected chi connectivity index (χ4v) is 5.20. The van der Waals surface area contributed by atoms with Gasteiger partial charge in [-0.1, -0.05) is 69.2 Å². The summed E-state index contributed by atoms with van der Waals surface area (Å²) in [4.78, 5) is 11.0. The average molecular weight is 383 g/mol. The smallest absolute Gasteiger partial charge is 0.335 e. The summed E-state index contributed by atoms with van der Waals surface area (Å²) in [5.41, 5.74) is 3.37. The summed E-state index contributed by atoms with van der Waals surface area (Å²) >= 11 is 0. The van der Waals surface area contributed by atoms with Gasteiger partial charge in [-0.3, -0.25) is 0 Å². The maximum atomic E-state index is 11.0. The van der Waals surface area contributed by atoms with Crippen LogP contribution < -0.4 is 0 Å². The Labute approximate surface area is 171 Å². The number of benzene rings is 1. The molecule has 0 atom stereocenters. The molecule has 1 aromatic carbocycles. The molecule has 28 heavy (non-hydrogen) atoms. The molecule has 2 saturated carbocycles. The van der Waals surface area contributed by atoms with Crippen LogP contribution in [-0.2, 0) is 0 Å². The van der Waals surface area contributed by atoms with Gasteiger partial charge in [0.1, 0.15) is 0 Å². The molecular weight excluding hydrogens is 344 g/mol. The third kappa shape index (κ3) is 6.22. The van der Waals surface area contributed by atoms with Crippen LogP contribution in [0, 0.1) is 11.8 Å². The number of unbranched alkanes of at least 4 members (excludes halogenated alkanes) is 2. The van der Waals surface area contributed by atoms with Gasteiger partial charge in [-0.2, -0.15) is 0 Å². The summed E-state index contributed by atoms with van der Waals surface area (Å²) in [6.45, 7) is 2.30. The van der Waals surface area contributed by atoms with Crippen molar-refractivity contribution >= 4 is 5.97 Å².